The minimum absolute atomic E-state index is 0.115. The molecule has 0 aliphatic carbocycles. The summed E-state index contributed by atoms with van der Waals surface area (Å²) in [6.45, 7) is 2.18. The number of aliphatic hydroxyl groups excluding tert-OH is 1. The lowest BCUT2D eigenvalue weighted by molar-refractivity contribution is 0.216. The van der Waals surface area contributed by atoms with Crippen molar-refractivity contribution in [1.29, 1.82) is 0 Å². The fraction of sp³-hybridized carbons (Fsp3) is 1.00. The normalized spacial score (nSPS) is 16.7. The van der Waals surface area contributed by atoms with Gasteiger partial charge in [-0.05, 0) is 6.92 Å². The van der Waals surface area contributed by atoms with E-state index in [4.69, 9.17) is 21.2 Å². The second-order valence-electron chi connectivity index (χ2n) is 1.82. The van der Waals surface area contributed by atoms with E-state index in [0.29, 0.717) is 6.61 Å². The zero-order valence-corrected chi connectivity index (χ0v) is 7.60. The molecule has 62 valence electrons. The third-order valence-electron chi connectivity index (χ3n) is 0.886. The van der Waals surface area contributed by atoms with E-state index < -0.39 is 14.1 Å². The number of alkyl halides is 1. The standard InChI is InChI=1S/C5H12ClO3P/c1-2-9-10(8)4-5(7)3-6/h5,7,10H,2-4H2,1H3. The molecule has 0 aromatic rings. The molecule has 2 atom stereocenters. The van der Waals surface area contributed by atoms with Gasteiger partial charge in [-0.3, -0.25) is 4.57 Å². The van der Waals surface area contributed by atoms with Crippen LogP contribution >= 0.6 is 19.6 Å². The number of hydrogen-bond acceptors (Lipinski definition) is 3. The quantitative estimate of drug-likeness (QED) is 0.517. The van der Waals surface area contributed by atoms with Crippen molar-refractivity contribution in [3.8, 4) is 0 Å². The Morgan fingerprint density at radius 3 is 2.80 bits per heavy atom. The summed E-state index contributed by atoms with van der Waals surface area (Å²) in [7, 11) is -2.04. The Bertz CT molecular complexity index is 109. The van der Waals surface area contributed by atoms with Gasteiger partial charge in [-0.15, -0.1) is 11.6 Å². The van der Waals surface area contributed by atoms with Gasteiger partial charge in [0.25, 0.3) is 0 Å². The number of aliphatic hydroxyl groups is 1. The van der Waals surface area contributed by atoms with Crippen LogP contribution in [0.4, 0.5) is 0 Å². The van der Waals surface area contributed by atoms with Crippen molar-refractivity contribution in [2.24, 2.45) is 0 Å². The molecule has 0 amide bonds. The molecule has 0 aromatic carbocycles. The molecular formula is C5H12ClO3P. The van der Waals surface area contributed by atoms with E-state index in [9.17, 15) is 4.57 Å². The van der Waals surface area contributed by atoms with E-state index in [1.54, 1.807) is 6.92 Å². The summed E-state index contributed by atoms with van der Waals surface area (Å²) in [6, 6.07) is 0. The van der Waals surface area contributed by atoms with Crippen LogP contribution < -0.4 is 0 Å². The third kappa shape index (κ3) is 5.24. The molecular weight excluding hydrogens is 174 g/mol. The lowest BCUT2D eigenvalue weighted by Gasteiger charge is -2.05. The molecule has 5 heteroatoms. The number of rotatable bonds is 5. The molecule has 10 heavy (non-hydrogen) atoms. The van der Waals surface area contributed by atoms with Crippen molar-refractivity contribution >= 4 is 19.6 Å². The van der Waals surface area contributed by atoms with Crippen LogP contribution in [0.2, 0.25) is 0 Å². The van der Waals surface area contributed by atoms with Crippen LogP contribution in [0.25, 0.3) is 0 Å². The van der Waals surface area contributed by atoms with Gasteiger partial charge in [-0.25, -0.2) is 0 Å². The fourth-order valence-corrected chi connectivity index (χ4v) is 1.73. The Morgan fingerprint density at radius 1 is 1.80 bits per heavy atom. The predicted octanol–water partition coefficient (Wildman–Crippen LogP) is 1.10. The molecule has 0 saturated heterocycles. The summed E-state index contributed by atoms with van der Waals surface area (Å²) in [6.07, 6.45) is -0.526. The molecule has 0 aliphatic rings. The molecule has 0 aliphatic heterocycles. The Labute approximate surface area is 66.2 Å². The fourth-order valence-electron chi connectivity index (χ4n) is 0.467. The van der Waals surface area contributed by atoms with Gasteiger partial charge in [-0.2, -0.15) is 0 Å². The van der Waals surface area contributed by atoms with Gasteiger partial charge in [-0.1, -0.05) is 0 Å². The monoisotopic (exact) mass is 186 g/mol. The Balaban J connectivity index is 3.37. The summed E-state index contributed by atoms with van der Waals surface area (Å²) < 4.78 is 15.5. The van der Waals surface area contributed by atoms with Gasteiger partial charge in [0.2, 0.25) is 0 Å². The van der Waals surface area contributed by atoms with Gasteiger partial charge in [0.1, 0.15) is 0 Å². The first-order valence-corrected chi connectivity index (χ1v) is 5.16. The van der Waals surface area contributed by atoms with E-state index in [-0.39, 0.29) is 12.0 Å². The number of halogens is 1. The van der Waals surface area contributed by atoms with Crippen molar-refractivity contribution < 1.29 is 14.2 Å². The molecule has 0 rings (SSSR count). The van der Waals surface area contributed by atoms with Crippen molar-refractivity contribution in [3.63, 3.8) is 0 Å². The zero-order valence-electron chi connectivity index (χ0n) is 5.84. The summed E-state index contributed by atoms with van der Waals surface area (Å²) in [5.74, 6) is 0.115. The van der Waals surface area contributed by atoms with Crippen LogP contribution in [0.5, 0.6) is 0 Å². The highest BCUT2D eigenvalue weighted by Gasteiger charge is 2.06. The molecule has 0 spiro atoms. The zero-order chi connectivity index (χ0) is 7.98. The summed E-state index contributed by atoms with van der Waals surface area (Å²) >= 11 is 5.27. The Hall–Kier alpha value is 0.440. The van der Waals surface area contributed by atoms with Crippen molar-refractivity contribution in [3.05, 3.63) is 0 Å². The van der Waals surface area contributed by atoms with Crippen LogP contribution in [-0.4, -0.2) is 29.9 Å². The van der Waals surface area contributed by atoms with Crippen molar-refractivity contribution in [1.82, 2.24) is 0 Å². The smallest absolute Gasteiger partial charge is 0.194 e. The molecule has 2 unspecified atom stereocenters. The largest absolute Gasteiger partial charge is 0.391 e. The molecule has 1 N–H and O–H groups in total. The second-order valence-corrected chi connectivity index (χ2v) is 3.57. The second kappa shape index (κ2) is 6.17. The SMILES string of the molecule is CCO[PH](=O)CC(O)CCl. The first-order valence-electron chi connectivity index (χ1n) is 3.10. The van der Waals surface area contributed by atoms with E-state index in [2.05, 4.69) is 0 Å². The molecule has 3 nitrogen and oxygen atoms in total. The Morgan fingerprint density at radius 2 is 2.40 bits per heavy atom. The molecule has 0 bridgehead atoms. The Kier molecular flexibility index (Phi) is 6.44. The molecule has 0 fully saturated rings. The summed E-state index contributed by atoms with van der Waals surface area (Å²) in [5.41, 5.74) is 0. The summed E-state index contributed by atoms with van der Waals surface area (Å²) in [4.78, 5) is 0. The molecule has 0 aromatic heterocycles. The lowest BCUT2D eigenvalue weighted by atomic mass is 10.5. The first-order chi connectivity index (χ1) is 4.70. The number of hydrogen-bond donors (Lipinski definition) is 1. The topological polar surface area (TPSA) is 46.5 Å². The average molecular weight is 187 g/mol. The first kappa shape index (κ1) is 10.4. The van der Waals surface area contributed by atoms with Crippen LogP contribution in [0.3, 0.4) is 0 Å². The van der Waals surface area contributed by atoms with Gasteiger partial charge in [0.15, 0.2) is 8.03 Å². The van der Waals surface area contributed by atoms with Gasteiger partial charge in [0.05, 0.1) is 12.7 Å². The van der Waals surface area contributed by atoms with E-state index in [1.807, 2.05) is 0 Å². The van der Waals surface area contributed by atoms with Crippen LogP contribution in [0, 0.1) is 0 Å². The molecule has 0 saturated carbocycles. The van der Waals surface area contributed by atoms with Crippen LogP contribution in [0.15, 0.2) is 0 Å². The predicted molar refractivity (Wildman–Crippen MR) is 42.2 cm³/mol. The van der Waals surface area contributed by atoms with E-state index in [1.165, 1.54) is 0 Å². The highest BCUT2D eigenvalue weighted by atomic mass is 35.5. The highest BCUT2D eigenvalue weighted by Crippen LogP contribution is 2.22. The molecule has 0 heterocycles. The maximum atomic E-state index is 10.8. The van der Waals surface area contributed by atoms with E-state index >= 15 is 0 Å². The third-order valence-corrected chi connectivity index (χ3v) is 2.66. The van der Waals surface area contributed by atoms with Gasteiger partial charge in [0, 0.05) is 12.0 Å². The average Bonchev–Trinajstić information content (AvgIpc) is 1.88. The minimum Gasteiger partial charge on any atom is -0.391 e. The van der Waals surface area contributed by atoms with Gasteiger partial charge < -0.3 is 9.63 Å². The minimum atomic E-state index is -2.04. The van der Waals surface area contributed by atoms with E-state index in [0.717, 1.165) is 0 Å². The summed E-state index contributed by atoms with van der Waals surface area (Å²) in [5, 5.41) is 8.87. The maximum Gasteiger partial charge on any atom is 0.194 e. The van der Waals surface area contributed by atoms with Crippen molar-refractivity contribution in [2.45, 2.75) is 13.0 Å². The van der Waals surface area contributed by atoms with Crippen molar-refractivity contribution in [2.75, 3.05) is 18.6 Å². The maximum absolute atomic E-state index is 10.8. The molecule has 0 radical (unpaired) electrons. The lowest BCUT2D eigenvalue weighted by Crippen LogP contribution is -2.11. The van der Waals surface area contributed by atoms with Crippen LogP contribution in [-0.2, 0) is 9.09 Å². The van der Waals surface area contributed by atoms with Crippen LogP contribution in [0.1, 0.15) is 6.92 Å². The highest BCUT2D eigenvalue weighted by molar-refractivity contribution is 7.39. The van der Waals surface area contributed by atoms with Gasteiger partial charge >= 0.3 is 0 Å².